The van der Waals surface area contributed by atoms with E-state index in [1.165, 1.54) is 15.8 Å². The second-order valence-corrected chi connectivity index (χ2v) is 8.09. The Labute approximate surface area is 174 Å². The van der Waals surface area contributed by atoms with Crippen molar-refractivity contribution in [2.24, 2.45) is 0 Å². The number of pyridine rings is 1. The van der Waals surface area contributed by atoms with Crippen molar-refractivity contribution < 1.29 is 18.7 Å². The average Bonchev–Trinajstić information content (AvgIpc) is 3.31. The molecule has 1 aliphatic heterocycles. The summed E-state index contributed by atoms with van der Waals surface area (Å²) in [5.41, 5.74) is 1.20. The van der Waals surface area contributed by atoms with Crippen molar-refractivity contribution in [3.8, 4) is 11.8 Å². The van der Waals surface area contributed by atoms with Crippen molar-refractivity contribution in [3.63, 3.8) is 0 Å². The number of hydrogen-bond acceptors (Lipinski definition) is 6. The molecule has 1 saturated heterocycles. The Morgan fingerprint density at radius 3 is 2.93 bits per heavy atom. The van der Waals surface area contributed by atoms with Crippen LogP contribution < -0.4 is 4.74 Å². The van der Waals surface area contributed by atoms with Crippen LogP contribution in [0.15, 0.2) is 24.5 Å². The SMILES string of the molecule is Cc1ncccc1OCc1cnn([C@@H]2CCN(C(=O)OC3(C)CC3)C[C@@H]2F)c1C#N. The van der Waals surface area contributed by atoms with Crippen molar-refractivity contribution >= 4 is 6.09 Å². The Morgan fingerprint density at radius 1 is 1.47 bits per heavy atom. The highest BCUT2D eigenvalue weighted by molar-refractivity contribution is 5.68. The maximum Gasteiger partial charge on any atom is 0.410 e. The van der Waals surface area contributed by atoms with Crippen molar-refractivity contribution in [1.29, 1.82) is 5.26 Å². The van der Waals surface area contributed by atoms with Gasteiger partial charge in [-0.05, 0) is 45.2 Å². The Hall–Kier alpha value is -3.15. The molecule has 2 fully saturated rings. The quantitative estimate of drug-likeness (QED) is 0.747. The number of carbonyl (C=O) groups excluding carboxylic acids is 1. The molecular weight excluding hydrogens is 389 g/mol. The first-order chi connectivity index (χ1) is 14.4. The molecule has 0 bridgehead atoms. The summed E-state index contributed by atoms with van der Waals surface area (Å²) in [5, 5.41) is 13.9. The molecule has 1 saturated carbocycles. The van der Waals surface area contributed by atoms with Gasteiger partial charge < -0.3 is 14.4 Å². The molecule has 0 aromatic carbocycles. The molecule has 0 unspecified atom stereocenters. The monoisotopic (exact) mass is 413 g/mol. The number of nitrogens with zero attached hydrogens (tertiary/aromatic N) is 5. The minimum atomic E-state index is -1.35. The zero-order chi connectivity index (χ0) is 21.3. The van der Waals surface area contributed by atoms with Crippen molar-refractivity contribution in [1.82, 2.24) is 19.7 Å². The largest absolute Gasteiger partial charge is 0.487 e. The van der Waals surface area contributed by atoms with E-state index in [1.807, 2.05) is 13.8 Å². The number of aryl methyl sites for hydroxylation is 1. The smallest absolute Gasteiger partial charge is 0.410 e. The third kappa shape index (κ3) is 4.08. The average molecular weight is 413 g/mol. The van der Waals surface area contributed by atoms with E-state index in [0.29, 0.717) is 24.3 Å². The molecule has 9 heteroatoms. The summed E-state index contributed by atoms with van der Waals surface area (Å²) in [4.78, 5) is 17.8. The van der Waals surface area contributed by atoms with Crippen LogP contribution in [0.3, 0.4) is 0 Å². The fraction of sp³-hybridized carbons (Fsp3) is 0.524. The van der Waals surface area contributed by atoms with Gasteiger partial charge >= 0.3 is 6.09 Å². The standard InChI is InChI=1S/C21H24FN5O3/c1-14-19(4-3-8-24-14)29-13-15-11-25-27(18(15)10-23)17-5-9-26(12-16(17)22)20(28)30-21(2)6-7-21/h3-4,8,11,16-17H,5-7,9,12-13H2,1-2H3/t16-,17+/m0/s1. The van der Waals surface area contributed by atoms with E-state index in [4.69, 9.17) is 9.47 Å². The molecule has 2 aromatic rings. The van der Waals surface area contributed by atoms with E-state index in [2.05, 4.69) is 16.2 Å². The number of nitriles is 1. The summed E-state index contributed by atoms with van der Waals surface area (Å²) in [6, 6.07) is 5.07. The Bertz CT molecular complexity index is 981. The molecule has 2 aliphatic rings. The second kappa shape index (κ2) is 7.94. The number of halogens is 1. The first-order valence-electron chi connectivity index (χ1n) is 10.0. The van der Waals surface area contributed by atoms with E-state index < -0.39 is 23.9 Å². The number of piperidine rings is 1. The molecule has 2 aromatic heterocycles. The van der Waals surface area contributed by atoms with E-state index in [0.717, 1.165) is 18.5 Å². The van der Waals surface area contributed by atoms with Gasteiger partial charge in [0.25, 0.3) is 0 Å². The predicted octanol–water partition coefficient (Wildman–Crippen LogP) is 3.31. The van der Waals surface area contributed by atoms with Crippen LogP contribution in [0.1, 0.15) is 49.2 Å². The highest BCUT2D eigenvalue weighted by Gasteiger charge is 2.44. The van der Waals surface area contributed by atoms with Crippen LogP contribution in [-0.4, -0.2) is 50.6 Å². The zero-order valence-electron chi connectivity index (χ0n) is 17.0. The van der Waals surface area contributed by atoms with Gasteiger partial charge in [0.1, 0.15) is 35.9 Å². The topological polar surface area (TPSA) is 93.3 Å². The number of rotatable bonds is 5. The van der Waals surface area contributed by atoms with Gasteiger partial charge in [0.05, 0.1) is 24.5 Å². The molecular formula is C21H24FN5O3. The molecule has 0 spiro atoms. The van der Waals surface area contributed by atoms with Gasteiger partial charge in [-0.3, -0.25) is 4.98 Å². The number of amides is 1. The Balaban J connectivity index is 1.42. The summed E-state index contributed by atoms with van der Waals surface area (Å²) in [7, 11) is 0. The van der Waals surface area contributed by atoms with Gasteiger partial charge in [-0.1, -0.05) is 0 Å². The third-order valence-corrected chi connectivity index (χ3v) is 5.69. The lowest BCUT2D eigenvalue weighted by atomic mass is 10.0. The number of hydrogen-bond donors (Lipinski definition) is 0. The van der Waals surface area contributed by atoms with E-state index in [9.17, 15) is 14.4 Å². The molecule has 0 radical (unpaired) electrons. The van der Waals surface area contributed by atoms with Crippen LogP contribution in [0.4, 0.5) is 9.18 Å². The summed E-state index contributed by atoms with van der Waals surface area (Å²) in [6.45, 7) is 4.12. The molecule has 2 atom stereocenters. The summed E-state index contributed by atoms with van der Waals surface area (Å²) >= 11 is 0. The van der Waals surface area contributed by atoms with Gasteiger partial charge in [0.15, 0.2) is 0 Å². The molecule has 30 heavy (non-hydrogen) atoms. The summed E-state index contributed by atoms with van der Waals surface area (Å²) < 4.78 is 27.6. The summed E-state index contributed by atoms with van der Waals surface area (Å²) in [5.74, 6) is 0.619. The highest BCUT2D eigenvalue weighted by atomic mass is 19.1. The van der Waals surface area contributed by atoms with Crippen LogP contribution >= 0.6 is 0 Å². The lowest BCUT2D eigenvalue weighted by Crippen LogP contribution is -2.47. The fourth-order valence-electron chi connectivity index (χ4n) is 3.54. The predicted molar refractivity (Wildman–Crippen MR) is 104 cm³/mol. The molecule has 0 N–H and O–H groups in total. The van der Waals surface area contributed by atoms with Crippen LogP contribution in [0.2, 0.25) is 0 Å². The van der Waals surface area contributed by atoms with E-state index >= 15 is 0 Å². The minimum Gasteiger partial charge on any atom is -0.487 e. The number of carbonyl (C=O) groups is 1. The number of aromatic nitrogens is 3. The number of likely N-dealkylation sites (tertiary alicyclic amines) is 1. The minimum absolute atomic E-state index is 0.0784. The van der Waals surface area contributed by atoms with Gasteiger partial charge in [-0.25, -0.2) is 13.9 Å². The van der Waals surface area contributed by atoms with Gasteiger partial charge in [0.2, 0.25) is 0 Å². The lowest BCUT2D eigenvalue weighted by Gasteiger charge is -2.34. The van der Waals surface area contributed by atoms with Gasteiger partial charge in [-0.2, -0.15) is 10.4 Å². The molecule has 8 nitrogen and oxygen atoms in total. The van der Waals surface area contributed by atoms with Crippen LogP contribution in [0.5, 0.6) is 5.75 Å². The Kier molecular flexibility index (Phi) is 5.33. The van der Waals surface area contributed by atoms with Crippen LogP contribution in [0.25, 0.3) is 0 Å². The van der Waals surface area contributed by atoms with Crippen LogP contribution in [0, 0.1) is 18.3 Å². The maximum atomic E-state index is 15.0. The first kappa shape index (κ1) is 20.1. The van der Waals surface area contributed by atoms with Gasteiger partial charge in [-0.15, -0.1) is 0 Å². The number of alkyl halides is 1. The van der Waals surface area contributed by atoms with Crippen molar-refractivity contribution in [3.05, 3.63) is 41.5 Å². The van der Waals surface area contributed by atoms with Crippen molar-refractivity contribution in [2.45, 2.75) is 57.5 Å². The Morgan fingerprint density at radius 2 is 2.27 bits per heavy atom. The normalized spacial score (nSPS) is 22.3. The molecule has 1 amide bonds. The van der Waals surface area contributed by atoms with Crippen LogP contribution in [-0.2, 0) is 11.3 Å². The first-order valence-corrected chi connectivity index (χ1v) is 10.0. The van der Waals surface area contributed by atoms with E-state index in [1.54, 1.807) is 18.3 Å². The van der Waals surface area contributed by atoms with E-state index in [-0.39, 0.29) is 18.8 Å². The zero-order valence-corrected chi connectivity index (χ0v) is 17.0. The molecule has 158 valence electrons. The number of ether oxygens (including phenoxy) is 2. The maximum absolute atomic E-state index is 15.0. The third-order valence-electron chi connectivity index (χ3n) is 5.69. The highest BCUT2D eigenvalue weighted by Crippen LogP contribution is 2.39. The molecule has 4 rings (SSSR count). The lowest BCUT2D eigenvalue weighted by molar-refractivity contribution is 0.0292. The van der Waals surface area contributed by atoms with Gasteiger partial charge in [0, 0.05) is 18.3 Å². The van der Waals surface area contributed by atoms with Crippen molar-refractivity contribution in [2.75, 3.05) is 13.1 Å². The fourth-order valence-corrected chi connectivity index (χ4v) is 3.54. The molecule has 3 heterocycles. The second-order valence-electron chi connectivity index (χ2n) is 8.09. The molecule has 1 aliphatic carbocycles. The summed E-state index contributed by atoms with van der Waals surface area (Å²) in [6.07, 6.45) is 3.43.